The SMILES string of the molecule is COc1ccc(-c2c(Nc3ccc(Cl)nn3)nc3c(-c4ccccc4)c(-c4ccccc4)[nH]n3c2=O)cc1. The molecule has 0 radical (unpaired) electrons. The number of hydrogen-bond donors (Lipinski definition) is 2. The molecular weight excluding hydrogens is 500 g/mol. The van der Waals surface area contributed by atoms with E-state index in [0.29, 0.717) is 34.2 Å². The van der Waals surface area contributed by atoms with Crippen molar-refractivity contribution in [1.82, 2.24) is 24.8 Å². The fourth-order valence-corrected chi connectivity index (χ4v) is 4.48. The van der Waals surface area contributed by atoms with E-state index in [1.807, 2.05) is 72.8 Å². The van der Waals surface area contributed by atoms with Crippen molar-refractivity contribution in [3.05, 3.63) is 113 Å². The van der Waals surface area contributed by atoms with Crippen molar-refractivity contribution < 1.29 is 4.74 Å². The van der Waals surface area contributed by atoms with Crippen LogP contribution in [0, 0.1) is 0 Å². The summed E-state index contributed by atoms with van der Waals surface area (Å²) in [4.78, 5) is 19.1. The van der Waals surface area contributed by atoms with Crippen LogP contribution < -0.4 is 15.6 Å². The van der Waals surface area contributed by atoms with Gasteiger partial charge in [0.2, 0.25) is 0 Å². The van der Waals surface area contributed by atoms with Crippen LogP contribution in [0.25, 0.3) is 39.2 Å². The van der Waals surface area contributed by atoms with Crippen molar-refractivity contribution in [1.29, 1.82) is 0 Å². The number of halogens is 1. The Morgan fingerprint density at radius 1 is 0.789 bits per heavy atom. The molecule has 0 atom stereocenters. The number of fused-ring (bicyclic) bond motifs is 1. The minimum absolute atomic E-state index is 0.263. The first kappa shape index (κ1) is 23.4. The molecule has 0 saturated heterocycles. The molecule has 3 heterocycles. The van der Waals surface area contributed by atoms with Crippen LogP contribution in [0.4, 0.5) is 11.6 Å². The molecular formula is C29H21ClN6O2. The van der Waals surface area contributed by atoms with Gasteiger partial charge in [-0.3, -0.25) is 9.89 Å². The second-order valence-corrected chi connectivity index (χ2v) is 8.88. The molecule has 0 aliphatic rings. The zero-order chi connectivity index (χ0) is 26.1. The highest BCUT2D eigenvalue weighted by atomic mass is 35.5. The van der Waals surface area contributed by atoms with E-state index < -0.39 is 0 Å². The van der Waals surface area contributed by atoms with E-state index >= 15 is 0 Å². The molecule has 3 aromatic heterocycles. The van der Waals surface area contributed by atoms with Crippen LogP contribution in [0.5, 0.6) is 5.75 Å². The van der Waals surface area contributed by atoms with Gasteiger partial charge < -0.3 is 10.1 Å². The molecule has 0 unspecified atom stereocenters. The molecule has 0 fully saturated rings. The van der Waals surface area contributed by atoms with E-state index in [4.69, 9.17) is 21.3 Å². The van der Waals surface area contributed by atoms with Gasteiger partial charge in [-0.15, -0.1) is 10.2 Å². The zero-order valence-electron chi connectivity index (χ0n) is 20.2. The third kappa shape index (κ3) is 4.27. The van der Waals surface area contributed by atoms with Gasteiger partial charge in [0.25, 0.3) is 5.56 Å². The Morgan fingerprint density at radius 3 is 2.08 bits per heavy atom. The predicted molar refractivity (Wildman–Crippen MR) is 149 cm³/mol. The summed E-state index contributed by atoms with van der Waals surface area (Å²) in [6.07, 6.45) is 0. The van der Waals surface area contributed by atoms with Crippen molar-refractivity contribution in [2.24, 2.45) is 0 Å². The Bertz CT molecular complexity index is 1780. The lowest BCUT2D eigenvalue weighted by Gasteiger charge is -2.12. The number of aromatic amines is 1. The first-order valence-corrected chi connectivity index (χ1v) is 12.2. The Labute approximate surface area is 222 Å². The van der Waals surface area contributed by atoms with Crippen molar-refractivity contribution in [3.8, 4) is 39.3 Å². The highest BCUT2D eigenvalue weighted by molar-refractivity contribution is 6.29. The predicted octanol–water partition coefficient (Wildman–Crippen LogP) is 6.22. The molecule has 6 rings (SSSR count). The monoisotopic (exact) mass is 520 g/mol. The summed E-state index contributed by atoms with van der Waals surface area (Å²) in [5.74, 6) is 1.42. The fourth-order valence-electron chi connectivity index (χ4n) is 4.38. The van der Waals surface area contributed by atoms with Crippen LogP contribution in [0.1, 0.15) is 0 Å². The van der Waals surface area contributed by atoms with Gasteiger partial charge in [0, 0.05) is 5.56 Å². The maximum atomic E-state index is 14.1. The number of hydrogen-bond acceptors (Lipinski definition) is 6. The topological polar surface area (TPSA) is 97.2 Å². The lowest BCUT2D eigenvalue weighted by Crippen LogP contribution is -2.20. The number of rotatable bonds is 6. The average molecular weight is 521 g/mol. The second-order valence-electron chi connectivity index (χ2n) is 8.49. The van der Waals surface area contributed by atoms with Crippen molar-refractivity contribution in [2.45, 2.75) is 0 Å². The fraction of sp³-hybridized carbons (Fsp3) is 0.0345. The van der Waals surface area contributed by atoms with Crippen LogP contribution in [-0.2, 0) is 0 Å². The van der Waals surface area contributed by atoms with E-state index in [0.717, 1.165) is 22.4 Å². The molecule has 0 amide bonds. The molecule has 0 aliphatic carbocycles. The van der Waals surface area contributed by atoms with E-state index in [-0.39, 0.29) is 10.7 Å². The first-order chi connectivity index (χ1) is 18.6. The number of benzene rings is 3. The summed E-state index contributed by atoms with van der Waals surface area (Å²) in [7, 11) is 1.60. The molecule has 6 aromatic rings. The molecule has 8 nitrogen and oxygen atoms in total. The lowest BCUT2D eigenvalue weighted by atomic mass is 10.0. The largest absolute Gasteiger partial charge is 0.497 e. The smallest absolute Gasteiger partial charge is 0.282 e. The molecule has 0 bridgehead atoms. The van der Waals surface area contributed by atoms with Gasteiger partial charge in [0.15, 0.2) is 16.6 Å². The van der Waals surface area contributed by atoms with E-state index in [1.54, 1.807) is 31.4 Å². The van der Waals surface area contributed by atoms with Crippen LogP contribution in [0.15, 0.2) is 102 Å². The number of H-pyrrole nitrogens is 1. The lowest BCUT2D eigenvalue weighted by molar-refractivity contribution is 0.415. The summed E-state index contributed by atoms with van der Waals surface area (Å²) in [6.45, 7) is 0. The summed E-state index contributed by atoms with van der Waals surface area (Å²) in [6, 6.07) is 30.3. The quantitative estimate of drug-likeness (QED) is 0.270. The van der Waals surface area contributed by atoms with Crippen LogP contribution in [0.2, 0.25) is 5.15 Å². The molecule has 2 N–H and O–H groups in total. The minimum Gasteiger partial charge on any atom is -0.497 e. The molecule has 0 aliphatic heterocycles. The highest BCUT2D eigenvalue weighted by Gasteiger charge is 2.23. The normalized spacial score (nSPS) is 11.0. The third-order valence-corrected chi connectivity index (χ3v) is 6.36. The van der Waals surface area contributed by atoms with Crippen molar-refractivity contribution >= 4 is 28.9 Å². The van der Waals surface area contributed by atoms with Crippen molar-refractivity contribution in [2.75, 3.05) is 12.4 Å². The summed E-state index contributed by atoms with van der Waals surface area (Å²) in [5, 5.41) is 14.8. The van der Waals surface area contributed by atoms with Gasteiger partial charge in [0.1, 0.15) is 11.6 Å². The Morgan fingerprint density at radius 2 is 1.45 bits per heavy atom. The Kier molecular flexibility index (Phi) is 6.07. The second kappa shape index (κ2) is 9.84. The van der Waals surface area contributed by atoms with Gasteiger partial charge in [-0.2, -0.15) is 4.52 Å². The number of methoxy groups -OCH3 is 1. The number of nitrogens with one attached hydrogen (secondary N) is 2. The maximum Gasteiger partial charge on any atom is 0.282 e. The Hall–Kier alpha value is -4.95. The van der Waals surface area contributed by atoms with Gasteiger partial charge in [-0.05, 0) is 35.4 Å². The highest BCUT2D eigenvalue weighted by Crippen LogP contribution is 2.36. The molecule has 0 saturated carbocycles. The van der Waals surface area contributed by atoms with Crippen LogP contribution >= 0.6 is 11.6 Å². The number of nitrogens with zero attached hydrogens (tertiary/aromatic N) is 4. The molecule has 3 aromatic carbocycles. The van der Waals surface area contributed by atoms with Gasteiger partial charge in [0.05, 0.1) is 23.9 Å². The van der Waals surface area contributed by atoms with Gasteiger partial charge >= 0.3 is 0 Å². The zero-order valence-corrected chi connectivity index (χ0v) is 21.0. The Balaban J connectivity index is 1.66. The third-order valence-electron chi connectivity index (χ3n) is 6.16. The van der Waals surface area contributed by atoms with E-state index in [2.05, 4.69) is 20.6 Å². The van der Waals surface area contributed by atoms with Crippen LogP contribution in [-0.4, -0.2) is 31.9 Å². The first-order valence-electron chi connectivity index (χ1n) is 11.8. The van der Waals surface area contributed by atoms with E-state index in [1.165, 1.54) is 4.52 Å². The van der Waals surface area contributed by atoms with Crippen LogP contribution in [0.3, 0.4) is 0 Å². The van der Waals surface area contributed by atoms with Gasteiger partial charge in [-0.25, -0.2) is 4.98 Å². The minimum atomic E-state index is -0.274. The number of anilines is 2. The number of aromatic nitrogens is 5. The molecule has 9 heteroatoms. The summed E-state index contributed by atoms with van der Waals surface area (Å²) >= 11 is 5.94. The molecule has 0 spiro atoms. The maximum absolute atomic E-state index is 14.1. The average Bonchev–Trinajstić information content (AvgIpc) is 3.35. The summed E-state index contributed by atoms with van der Waals surface area (Å²) in [5.41, 5.74) is 4.67. The molecule has 186 valence electrons. The summed E-state index contributed by atoms with van der Waals surface area (Å²) < 4.78 is 6.80. The van der Waals surface area contributed by atoms with Gasteiger partial charge in [-0.1, -0.05) is 84.4 Å². The van der Waals surface area contributed by atoms with Crippen molar-refractivity contribution in [3.63, 3.8) is 0 Å². The van der Waals surface area contributed by atoms with E-state index in [9.17, 15) is 4.79 Å². The molecule has 38 heavy (non-hydrogen) atoms. The standard InChI is InChI=1S/C29H21ClN6O2/c1-38-21-14-12-19(13-15-21)25-27(31-23-17-16-22(30)33-34-23)32-28-24(18-8-4-2-5-9-18)26(35-36(28)29(25)37)20-10-6-3-7-11-20/h2-17,35H,1H3,(H,31,34). The number of ether oxygens (including phenoxy) is 1.